The highest BCUT2D eigenvalue weighted by Gasteiger charge is 1.94. The van der Waals surface area contributed by atoms with Gasteiger partial charge in [-0.25, -0.2) is 0 Å². The Bertz CT molecular complexity index is 259. The molecule has 1 aromatic carbocycles. The first kappa shape index (κ1) is 12.5. The number of hydrogen-bond donors (Lipinski definition) is 0. The highest BCUT2D eigenvalue weighted by molar-refractivity contribution is 9.09. The van der Waals surface area contributed by atoms with E-state index in [-0.39, 0.29) is 0 Å². The summed E-state index contributed by atoms with van der Waals surface area (Å²) < 4.78 is 10.6. The van der Waals surface area contributed by atoms with Gasteiger partial charge in [0.15, 0.2) is 0 Å². The number of ether oxygens (including phenoxy) is 2. The maximum Gasteiger partial charge on any atom is 0.118 e. The van der Waals surface area contributed by atoms with Gasteiger partial charge in [-0.3, -0.25) is 0 Å². The number of alkyl halides is 1. The Hall–Kier alpha value is -0.540. The first-order chi connectivity index (χ1) is 7.36. The van der Waals surface area contributed by atoms with Crippen molar-refractivity contribution in [2.45, 2.75) is 12.8 Å². The third-order valence-electron chi connectivity index (χ3n) is 2.12. The van der Waals surface area contributed by atoms with Crippen LogP contribution in [-0.4, -0.2) is 25.7 Å². The van der Waals surface area contributed by atoms with Crippen LogP contribution in [-0.2, 0) is 11.2 Å². The molecule has 0 bridgehead atoms. The van der Waals surface area contributed by atoms with Crippen LogP contribution in [0, 0.1) is 0 Å². The van der Waals surface area contributed by atoms with Crippen molar-refractivity contribution in [3.8, 4) is 5.75 Å². The molecule has 15 heavy (non-hydrogen) atoms. The van der Waals surface area contributed by atoms with Gasteiger partial charge in [-0.15, -0.1) is 0 Å². The second kappa shape index (κ2) is 7.71. The molecule has 0 aliphatic carbocycles. The lowest BCUT2D eigenvalue weighted by Crippen LogP contribution is -2.00. The molecule has 0 aliphatic heterocycles. The van der Waals surface area contributed by atoms with E-state index in [4.69, 9.17) is 9.47 Å². The quantitative estimate of drug-likeness (QED) is 0.561. The van der Waals surface area contributed by atoms with Crippen molar-refractivity contribution in [2.75, 3.05) is 25.7 Å². The number of benzene rings is 1. The second-order valence-corrected chi connectivity index (χ2v) is 4.05. The summed E-state index contributed by atoms with van der Waals surface area (Å²) in [6.07, 6.45) is 2.04. The molecule has 0 aliphatic rings. The van der Waals surface area contributed by atoms with Crippen molar-refractivity contribution in [3.63, 3.8) is 0 Å². The Morgan fingerprint density at radius 2 is 1.87 bits per heavy atom. The van der Waals surface area contributed by atoms with E-state index in [9.17, 15) is 0 Å². The van der Waals surface area contributed by atoms with Gasteiger partial charge in [0, 0.05) is 11.9 Å². The lowest BCUT2D eigenvalue weighted by molar-refractivity contribution is 0.139. The van der Waals surface area contributed by atoms with Crippen LogP contribution in [0.1, 0.15) is 12.0 Å². The molecule has 0 atom stereocenters. The first-order valence-electron chi connectivity index (χ1n) is 5.13. The molecule has 0 aromatic heterocycles. The summed E-state index contributed by atoms with van der Waals surface area (Å²) in [6.45, 7) is 1.63. The first-order valence-corrected chi connectivity index (χ1v) is 6.25. The fourth-order valence-electron chi connectivity index (χ4n) is 1.24. The molecule has 0 spiro atoms. The molecule has 0 fully saturated rings. The smallest absolute Gasteiger partial charge is 0.118 e. The van der Waals surface area contributed by atoms with Crippen LogP contribution in [0.3, 0.4) is 0 Å². The van der Waals surface area contributed by atoms with Crippen molar-refractivity contribution in [3.05, 3.63) is 29.8 Å². The van der Waals surface area contributed by atoms with Crippen molar-refractivity contribution in [1.82, 2.24) is 0 Å². The molecule has 1 aromatic rings. The van der Waals surface area contributed by atoms with Crippen molar-refractivity contribution in [1.29, 1.82) is 0 Å². The van der Waals surface area contributed by atoms with Gasteiger partial charge in [-0.2, -0.15) is 0 Å². The molecule has 0 unspecified atom stereocenters. The number of rotatable bonds is 7. The zero-order valence-corrected chi connectivity index (χ0v) is 10.6. The van der Waals surface area contributed by atoms with E-state index in [1.807, 2.05) is 12.1 Å². The maximum absolute atomic E-state index is 5.47. The second-order valence-electron chi connectivity index (χ2n) is 3.25. The van der Waals surface area contributed by atoms with Crippen LogP contribution in [0.2, 0.25) is 0 Å². The van der Waals surface area contributed by atoms with Crippen LogP contribution in [0.5, 0.6) is 5.75 Å². The normalized spacial score (nSPS) is 10.3. The van der Waals surface area contributed by atoms with E-state index in [2.05, 4.69) is 28.1 Å². The van der Waals surface area contributed by atoms with Crippen LogP contribution < -0.4 is 4.74 Å². The minimum atomic E-state index is 0.791. The maximum atomic E-state index is 5.47. The van der Waals surface area contributed by atoms with Crippen molar-refractivity contribution in [2.24, 2.45) is 0 Å². The van der Waals surface area contributed by atoms with Crippen LogP contribution in [0.15, 0.2) is 24.3 Å². The SMILES string of the molecule is COc1ccc(CCOCCCBr)cc1. The minimum absolute atomic E-state index is 0.791. The van der Waals surface area contributed by atoms with Crippen LogP contribution in [0.4, 0.5) is 0 Å². The molecule has 3 heteroatoms. The Balaban J connectivity index is 2.20. The van der Waals surface area contributed by atoms with Crippen molar-refractivity contribution < 1.29 is 9.47 Å². The minimum Gasteiger partial charge on any atom is -0.497 e. The summed E-state index contributed by atoms with van der Waals surface area (Å²) in [7, 11) is 1.68. The summed E-state index contributed by atoms with van der Waals surface area (Å²) in [6, 6.07) is 8.11. The summed E-state index contributed by atoms with van der Waals surface area (Å²) in [4.78, 5) is 0. The van der Waals surface area contributed by atoms with Crippen molar-refractivity contribution >= 4 is 15.9 Å². The summed E-state index contributed by atoms with van der Waals surface area (Å²) in [5, 5.41) is 1.01. The van der Waals surface area contributed by atoms with Gasteiger partial charge in [0.2, 0.25) is 0 Å². The Morgan fingerprint density at radius 1 is 1.13 bits per heavy atom. The van der Waals surface area contributed by atoms with Gasteiger partial charge in [0.25, 0.3) is 0 Å². The average molecular weight is 273 g/mol. The van der Waals surface area contributed by atoms with E-state index in [0.29, 0.717) is 0 Å². The third kappa shape index (κ3) is 5.19. The highest BCUT2D eigenvalue weighted by atomic mass is 79.9. The Kier molecular flexibility index (Phi) is 6.44. The third-order valence-corrected chi connectivity index (χ3v) is 2.68. The topological polar surface area (TPSA) is 18.5 Å². The van der Waals surface area contributed by atoms with Gasteiger partial charge < -0.3 is 9.47 Å². The van der Waals surface area contributed by atoms with Gasteiger partial charge >= 0.3 is 0 Å². The molecule has 0 heterocycles. The Morgan fingerprint density at radius 3 is 2.47 bits per heavy atom. The fraction of sp³-hybridized carbons (Fsp3) is 0.500. The summed E-state index contributed by atoms with van der Waals surface area (Å²) in [5.74, 6) is 0.902. The molecule has 0 N–H and O–H groups in total. The standard InChI is InChI=1S/C12H17BrO2/c1-14-12-5-3-11(4-6-12)7-10-15-9-2-8-13/h3-6H,2,7-10H2,1H3. The molecule has 0 saturated carbocycles. The van der Waals surface area contributed by atoms with E-state index < -0.39 is 0 Å². The molecule has 2 nitrogen and oxygen atoms in total. The highest BCUT2D eigenvalue weighted by Crippen LogP contribution is 2.11. The number of methoxy groups -OCH3 is 1. The molecular weight excluding hydrogens is 256 g/mol. The van der Waals surface area contributed by atoms with Gasteiger partial charge in [0.05, 0.1) is 13.7 Å². The molecule has 0 saturated heterocycles. The molecule has 1 rings (SSSR count). The number of halogens is 1. The van der Waals surface area contributed by atoms with E-state index in [1.165, 1.54) is 5.56 Å². The van der Waals surface area contributed by atoms with E-state index in [1.54, 1.807) is 7.11 Å². The number of hydrogen-bond acceptors (Lipinski definition) is 2. The van der Waals surface area contributed by atoms with Crippen LogP contribution in [0.25, 0.3) is 0 Å². The lowest BCUT2D eigenvalue weighted by Gasteiger charge is -2.04. The van der Waals surface area contributed by atoms with Crippen LogP contribution >= 0.6 is 15.9 Å². The fourth-order valence-corrected chi connectivity index (χ4v) is 1.47. The molecule has 84 valence electrons. The Labute approximate surface area is 99.7 Å². The average Bonchev–Trinajstić information content (AvgIpc) is 2.30. The zero-order valence-electron chi connectivity index (χ0n) is 9.04. The predicted octanol–water partition coefficient (Wildman–Crippen LogP) is 3.04. The monoisotopic (exact) mass is 272 g/mol. The molecule has 0 amide bonds. The molecular formula is C12H17BrO2. The predicted molar refractivity (Wildman–Crippen MR) is 65.9 cm³/mol. The summed E-state index contributed by atoms with van der Waals surface area (Å²) in [5.41, 5.74) is 1.29. The summed E-state index contributed by atoms with van der Waals surface area (Å²) >= 11 is 3.37. The molecule has 0 radical (unpaired) electrons. The van der Waals surface area contributed by atoms with Gasteiger partial charge in [-0.05, 0) is 30.5 Å². The van der Waals surface area contributed by atoms with E-state index in [0.717, 1.165) is 37.1 Å². The van der Waals surface area contributed by atoms with Gasteiger partial charge in [-0.1, -0.05) is 28.1 Å². The zero-order chi connectivity index (χ0) is 10.9. The van der Waals surface area contributed by atoms with E-state index >= 15 is 0 Å². The largest absolute Gasteiger partial charge is 0.497 e. The lowest BCUT2D eigenvalue weighted by atomic mass is 10.1. The van der Waals surface area contributed by atoms with Gasteiger partial charge in [0.1, 0.15) is 5.75 Å².